The number of rotatable bonds is 2. The Balaban J connectivity index is 2.76. The molecule has 0 spiro atoms. The van der Waals surface area contributed by atoms with Gasteiger partial charge in [0.15, 0.2) is 0 Å². The topological polar surface area (TPSA) is 68.9 Å². The minimum atomic E-state index is -0.585. The number of amides is 1. The van der Waals surface area contributed by atoms with Crippen molar-refractivity contribution < 1.29 is 4.79 Å². The summed E-state index contributed by atoms with van der Waals surface area (Å²) in [5.74, 6) is -0.585. The van der Waals surface area contributed by atoms with Gasteiger partial charge in [0.2, 0.25) is 0 Å². The van der Waals surface area contributed by atoms with Crippen LogP contribution in [0.4, 0.5) is 0 Å². The highest BCUT2D eigenvalue weighted by atomic mass is 35.5. The lowest BCUT2D eigenvalue weighted by molar-refractivity contribution is 0.1000. The van der Waals surface area contributed by atoms with E-state index in [0.717, 1.165) is 16.8 Å². The van der Waals surface area contributed by atoms with Crippen molar-refractivity contribution in [3.63, 3.8) is 0 Å². The molecule has 0 saturated carbocycles. The number of halogens is 1. The predicted molar refractivity (Wildman–Crippen MR) is 79.7 cm³/mol. The van der Waals surface area contributed by atoms with Gasteiger partial charge < -0.3 is 5.73 Å². The summed E-state index contributed by atoms with van der Waals surface area (Å²) in [6.45, 7) is 6.13. The quantitative estimate of drug-likeness (QED) is 0.863. The molecule has 2 rings (SSSR count). The molecule has 0 aliphatic rings. The summed E-state index contributed by atoms with van der Waals surface area (Å²) in [6, 6.07) is 5.43. The third-order valence-corrected chi connectivity index (χ3v) is 3.23. The Morgan fingerprint density at radius 1 is 1.25 bits per heavy atom. The van der Waals surface area contributed by atoms with Gasteiger partial charge in [-0.15, -0.1) is 0 Å². The number of nitrogens with zero attached hydrogens (tertiary/aromatic N) is 2. The zero-order valence-electron chi connectivity index (χ0n) is 11.6. The molecule has 0 atom stereocenters. The molecular weight excluding hydrogens is 274 g/mol. The molecule has 0 unspecified atom stereocenters. The molecule has 0 fully saturated rings. The number of pyridine rings is 2. The van der Waals surface area contributed by atoms with Crippen molar-refractivity contribution in [2.45, 2.75) is 26.2 Å². The van der Waals surface area contributed by atoms with E-state index in [-0.39, 0.29) is 16.1 Å². The van der Waals surface area contributed by atoms with Crippen LogP contribution in [-0.4, -0.2) is 15.9 Å². The molecule has 5 heteroatoms. The van der Waals surface area contributed by atoms with Gasteiger partial charge in [-0.3, -0.25) is 9.78 Å². The number of nitrogens with two attached hydrogens (primary N) is 1. The van der Waals surface area contributed by atoms with Crippen LogP contribution >= 0.6 is 11.6 Å². The van der Waals surface area contributed by atoms with E-state index in [1.807, 2.05) is 32.9 Å². The standard InChI is InChI=1S/C15H16ClN3O/c1-15(2,3)12-10(9-4-6-18-7-5-9)8-11(14(17)20)13(16)19-12/h4-8H,1-3H3,(H2,17,20). The molecule has 2 N–H and O–H groups in total. The minimum Gasteiger partial charge on any atom is -0.366 e. The summed E-state index contributed by atoms with van der Waals surface area (Å²) in [4.78, 5) is 19.8. The lowest BCUT2D eigenvalue weighted by Crippen LogP contribution is -2.19. The van der Waals surface area contributed by atoms with Crippen molar-refractivity contribution in [3.05, 3.63) is 47.0 Å². The summed E-state index contributed by atoms with van der Waals surface area (Å²) in [6.07, 6.45) is 3.39. The van der Waals surface area contributed by atoms with E-state index in [4.69, 9.17) is 17.3 Å². The zero-order valence-corrected chi connectivity index (χ0v) is 12.4. The van der Waals surface area contributed by atoms with Crippen LogP contribution in [-0.2, 0) is 5.41 Å². The first kappa shape index (κ1) is 14.5. The SMILES string of the molecule is CC(C)(C)c1nc(Cl)c(C(N)=O)cc1-c1ccncc1. The van der Waals surface area contributed by atoms with Crippen molar-refractivity contribution in [3.8, 4) is 11.1 Å². The Morgan fingerprint density at radius 2 is 1.85 bits per heavy atom. The largest absolute Gasteiger partial charge is 0.366 e. The van der Waals surface area contributed by atoms with Gasteiger partial charge in [0.25, 0.3) is 5.91 Å². The molecule has 0 saturated heterocycles. The molecule has 2 aromatic heterocycles. The fourth-order valence-electron chi connectivity index (χ4n) is 1.99. The van der Waals surface area contributed by atoms with Gasteiger partial charge in [0.1, 0.15) is 5.15 Å². The second-order valence-electron chi connectivity index (χ2n) is 5.57. The maximum atomic E-state index is 11.5. The van der Waals surface area contributed by atoms with Crippen molar-refractivity contribution in [1.82, 2.24) is 9.97 Å². The van der Waals surface area contributed by atoms with Crippen LogP contribution in [0.2, 0.25) is 5.15 Å². The van der Waals surface area contributed by atoms with Crippen LogP contribution in [0.25, 0.3) is 11.1 Å². The Labute approximate surface area is 123 Å². The van der Waals surface area contributed by atoms with E-state index in [1.54, 1.807) is 18.5 Å². The Bertz CT molecular complexity index is 648. The molecule has 0 radical (unpaired) electrons. The lowest BCUT2D eigenvalue weighted by Gasteiger charge is -2.22. The van der Waals surface area contributed by atoms with Crippen molar-refractivity contribution in [2.24, 2.45) is 5.73 Å². The monoisotopic (exact) mass is 289 g/mol. The fraction of sp³-hybridized carbons (Fsp3) is 0.267. The third-order valence-electron chi connectivity index (χ3n) is 2.94. The summed E-state index contributed by atoms with van der Waals surface area (Å²) < 4.78 is 0. The molecule has 0 aromatic carbocycles. The van der Waals surface area contributed by atoms with E-state index in [1.165, 1.54) is 0 Å². The maximum Gasteiger partial charge on any atom is 0.251 e. The van der Waals surface area contributed by atoms with E-state index in [0.29, 0.717) is 0 Å². The predicted octanol–water partition coefficient (Wildman–Crippen LogP) is 3.19. The molecule has 0 aliphatic carbocycles. The number of aromatic nitrogens is 2. The normalized spacial score (nSPS) is 11.4. The first-order valence-corrected chi connectivity index (χ1v) is 6.59. The average Bonchev–Trinajstić information content (AvgIpc) is 2.38. The molecule has 2 aromatic rings. The number of hydrogen-bond donors (Lipinski definition) is 1. The highest BCUT2D eigenvalue weighted by Crippen LogP contribution is 2.34. The van der Waals surface area contributed by atoms with E-state index < -0.39 is 5.91 Å². The van der Waals surface area contributed by atoms with Gasteiger partial charge in [-0.25, -0.2) is 4.98 Å². The maximum absolute atomic E-state index is 11.5. The summed E-state index contributed by atoms with van der Waals surface area (Å²) >= 11 is 6.07. The van der Waals surface area contributed by atoms with Crippen LogP contribution in [0.5, 0.6) is 0 Å². The summed E-state index contributed by atoms with van der Waals surface area (Å²) in [5.41, 5.74) is 7.95. The van der Waals surface area contributed by atoms with Gasteiger partial charge in [0, 0.05) is 23.4 Å². The lowest BCUT2D eigenvalue weighted by atomic mass is 9.86. The van der Waals surface area contributed by atoms with Crippen LogP contribution in [0.1, 0.15) is 36.8 Å². The Kier molecular flexibility index (Phi) is 3.77. The highest BCUT2D eigenvalue weighted by Gasteiger charge is 2.24. The summed E-state index contributed by atoms with van der Waals surface area (Å²) in [5, 5.41) is 0.139. The smallest absolute Gasteiger partial charge is 0.251 e. The van der Waals surface area contributed by atoms with Gasteiger partial charge in [-0.1, -0.05) is 32.4 Å². The molecule has 4 nitrogen and oxygen atoms in total. The molecular formula is C15H16ClN3O. The van der Waals surface area contributed by atoms with Crippen molar-refractivity contribution >= 4 is 17.5 Å². The molecule has 0 aliphatic heterocycles. The van der Waals surface area contributed by atoms with E-state index >= 15 is 0 Å². The van der Waals surface area contributed by atoms with Crippen LogP contribution in [0, 0.1) is 0 Å². The number of primary amides is 1. The third kappa shape index (κ3) is 2.80. The highest BCUT2D eigenvalue weighted by molar-refractivity contribution is 6.32. The number of hydrogen-bond acceptors (Lipinski definition) is 3. The molecule has 1 amide bonds. The van der Waals surface area contributed by atoms with Crippen molar-refractivity contribution in [1.29, 1.82) is 0 Å². The number of carbonyl (C=O) groups excluding carboxylic acids is 1. The Morgan fingerprint density at radius 3 is 2.35 bits per heavy atom. The Hall–Kier alpha value is -1.94. The molecule has 2 heterocycles. The minimum absolute atomic E-state index is 0.139. The molecule has 104 valence electrons. The first-order valence-electron chi connectivity index (χ1n) is 6.22. The second kappa shape index (κ2) is 5.21. The van der Waals surface area contributed by atoms with Gasteiger partial charge in [0.05, 0.1) is 11.3 Å². The van der Waals surface area contributed by atoms with Gasteiger partial charge in [-0.2, -0.15) is 0 Å². The van der Waals surface area contributed by atoms with Gasteiger partial charge >= 0.3 is 0 Å². The second-order valence-corrected chi connectivity index (χ2v) is 5.93. The van der Waals surface area contributed by atoms with Gasteiger partial charge in [-0.05, 0) is 23.8 Å². The van der Waals surface area contributed by atoms with E-state index in [2.05, 4.69) is 9.97 Å². The van der Waals surface area contributed by atoms with Crippen LogP contribution in [0.15, 0.2) is 30.6 Å². The zero-order chi connectivity index (χ0) is 14.9. The summed E-state index contributed by atoms with van der Waals surface area (Å²) in [7, 11) is 0. The van der Waals surface area contributed by atoms with E-state index in [9.17, 15) is 4.79 Å². The van der Waals surface area contributed by atoms with Crippen LogP contribution < -0.4 is 5.73 Å². The van der Waals surface area contributed by atoms with Crippen LogP contribution in [0.3, 0.4) is 0 Å². The molecule has 20 heavy (non-hydrogen) atoms. The molecule has 0 bridgehead atoms. The number of carbonyl (C=O) groups is 1. The average molecular weight is 290 g/mol. The van der Waals surface area contributed by atoms with Crippen molar-refractivity contribution in [2.75, 3.05) is 0 Å². The first-order chi connectivity index (χ1) is 9.30. The fourth-order valence-corrected chi connectivity index (χ4v) is 2.22.